The fourth-order valence-electron chi connectivity index (χ4n) is 3.45. The van der Waals surface area contributed by atoms with Gasteiger partial charge in [0.05, 0.1) is 0 Å². The third-order valence-electron chi connectivity index (χ3n) is 4.62. The predicted octanol–water partition coefficient (Wildman–Crippen LogP) is 7.00. The summed E-state index contributed by atoms with van der Waals surface area (Å²) in [5.41, 5.74) is 8.95. The van der Waals surface area contributed by atoms with E-state index in [1.165, 1.54) is 38.9 Å². The molecule has 120 valence electrons. The van der Waals surface area contributed by atoms with Crippen molar-refractivity contribution in [3.63, 3.8) is 0 Å². The van der Waals surface area contributed by atoms with E-state index in [4.69, 9.17) is 0 Å². The van der Waals surface area contributed by atoms with Crippen LogP contribution in [-0.4, -0.2) is 0 Å². The van der Waals surface area contributed by atoms with E-state index >= 15 is 0 Å². The summed E-state index contributed by atoms with van der Waals surface area (Å²) in [5, 5.41) is 0. The minimum Gasteiger partial charge on any atom is -0.0622 e. The average Bonchev–Trinajstić information content (AvgIpc) is 2.70. The predicted molar refractivity (Wildman–Crippen MR) is 107 cm³/mol. The molecule has 0 bridgehead atoms. The first-order valence-corrected chi connectivity index (χ1v) is 8.64. The molecule has 0 radical (unpaired) electrons. The molecule has 4 rings (SSSR count). The summed E-state index contributed by atoms with van der Waals surface area (Å²) in [6.45, 7) is 2.20. The number of aryl methyl sites for hydroxylation is 1. The van der Waals surface area contributed by atoms with Crippen molar-refractivity contribution in [2.75, 3.05) is 0 Å². The van der Waals surface area contributed by atoms with Gasteiger partial charge < -0.3 is 0 Å². The summed E-state index contributed by atoms with van der Waals surface area (Å²) in [6.07, 6.45) is 0. The van der Waals surface area contributed by atoms with Crippen LogP contribution in [0.3, 0.4) is 0 Å². The van der Waals surface area contributed by atoms with Crippen molar-refractivity contribution in [1.82, 2.24) is 0 Å². The second-order valence-corrected chi connectivity index (χ2v) is 6.28. The maximum atomic E-state index is 2.25. The Bertz CT molecular complexity index is 968. The van der Waals surface area contributed by atoms with Crippen molar-refractivity contribution in [2.45, 2.75) is 6.92 Å². The third-order valence-corrected chi connectivity index (χ3v) is 4.62. The van der Waals surface area contributed by atoms with E-state index in [0.717, 1.165) is 0 Å². The highest BCUT2D eigenvalue weighted by atomic mass is 14.2. The normalized spacial score (nSPS) is 10.6. The van der Waals surface area contributed by atoms with E-state index in [2.05, 4.69) is 110 Å². The Morgan fingerprint density at radius 3 is 1.36 bits per heavy atom. The van der Waals surface area contributed by atoms with Crippen molar-refractivity contribution in [3.8, 4) is 33.4 Å². The Labute approximate surface area is 149 Å². The van der Waals surface area contributed by atoms with Gasteiger partial charge in [0.25, 0.3) is 0 Å². The second-order valence-electron chi connectivity index (χ2n) is 6.28. The summed E-state index contributed by atoms with van der Waals surface area (Å²) < 4.78 is 0. The monoisotopic (exact) mass is 320 g/mol. The van der Waals surface area contributed by atoms with Crippen LogP contribution in [0.4, 0.5) is 0 Å². The van der Waals surface area contributed by atoms with Crippen LogP contribution in [-0.2, 0) is 0 Å². The zero-order chi connectivity index (χ0) is 17.1. The second kappa shape index (κ2) is 6.78. The molecule has 0 aliphatic rings. The molecule has 0 saturated heterocycles. The molecule has 0 saturated carbocycles. The van der Waals surface area contributed by atoms with E-state index < -0.39 is 0 Å². The van der Waals surface area contributed by atoms with Gasteiger partial charge in [-0.3, -0.25) is 0 Å². The number of hydrogen-bond donors (Lipinski definition) is 0. The van der Waals surface area contributed by atoms with Crippen LogP contribution < -0.4 is 0 Å². The highest BCUT2D eigenvalue weighted by molar-refractivity contribution is 5.95. The Morgan fingerprint density at radius 1 is 0.400 bits per heavy atom. The van der Waals surface area contributed by atoms with Crippen LogP contribution in [0.5, 0.6) is 0 Å². The van der Waals surface area contributed by atoms with E-state index in [9.17, 15) is 0 Å². The van der Waals surface area contributed by atoms with Crippen LogP contribution in [0.1, 0.15) is 5.56 Å². The van der Waals surface area contributed by atoms with Gasteiger partial charge in [0, 0.05) is 0 Å². The van der Waals surface area contributed by atoms with Gasteiger partial charge in [-0.15, -0.1) is 0 Å². The quantitative estimate of drug-likeness (QED) is 0.381. The smallest absolute Gasteiger partial charge is 0.00242 e. The molecule has 0 unspecified atom stereocenters. The third kappa shape index (κ3) is 2.99. The Hall–Kier alpha value is -3.12. The lowest BCUT2D eigenvalue weighted by atomic mass is 9.85. The molecule has 0 atom stereocenters. The highest BCUT2D eigenvalue weighted by Crippen LogP contribution is 2.41. The summed E-state index contributed by atoms with van der Waals surface area (Å²) in [6, 6.07) is 36.5. The molecule has 4 aromatic carbocycles. The minimum absolute atomic E-state index is 1.25. The molecule has 0 aliphatic heterocycles. The molecule has 4 aromatic rings. The maximum absolute atomic E-state index is 2.25. The van der Waals surface area contributed by atoms with Crippen molar-refractivity contribution >= 4 is 0 Å². The molecular weight excluding hydrogens is 300 g/mol. The van der Waals surface area contributed by atoms with Crippen molar-refractivity contribution in [3.05, 3.63) is 109 Å². The lowest BCUT2D eigenvalue weighted by Gasteiger charge is -2.18. The van der Waals surface area contributed by atoms with E-state index in [-0.39, 0.29) is 0 Å². The molecule has 0 spiro atoms. The number of hydrogen-bond acceptors (Lipinski definition) is 0. The first kappa shape index (κ1) is 15.4. The van der Waals surface area contributed by atoms with E-state index in [0.29, 0.717) is 0 Å². The molecular formula is C25H20. The Morgan fingerprint density at radius 2 is 0.840 bits per heavy atom. The average molecular weight is 320 g/mol. The van der Waals surface area contributed by atoms with Crippen molar-refractivity contribution < 1.29 is 0 Å². The fraction of sp³-hybridized carbons (Fsp3) is 0.0400. The van der Waals surface area contributed by atoms with E-state index in [1.807, 2.05) is 0 Å². The molecule has 0 heterocycles. The molecule has 0 N–H and O–H groups in total. The summed E-state index contributed by atoms with van der Waals surface area (Å²) in [4.78, 5) is 0. The van der Waals surface area contributed by atoms with Gasteiger partial charge >= 0.3 is 0 Å². The van der Waals surface area contributed by atoms with Crippen LogP contribution in [0.25, 0.3) is 33.4 Å². The molecule has 0 amide bonds. The first-order chi connectivity index (χ1) is 12.3. The van der Waals surface area contributed by atoms with Gasteiger partial charge in [-0.2, -0.15) is 0 Å². The lowest BCUT2D eigenvalue weighted by Crippen LogP contribution is -1.93. The molecule has 0 aliphatic carbocycles. The SMILES string of the molecule is Cc1ccc(-c2ccccc2)c(-c2ccccc2)c1-c1ccccc1. The van der Waals surface area contributed by atoms with Crippen LogP contribution >= 0.6 is 0 Å². The summed E-state index contributed by atoms with van der Waals surface area (Å²) >= 11 is 0. The molecule has 0 nitrogen and oxygen atoms in total. The first-order valence-electron chi connectivity index (χ1n) is 8.64. The Balaban J connectivity index is 2.08. The highest BCUT2D eigenvalue weighted by Gasteiger charge is 2.15. The largest absolute Gasteiger partial charge is 0.0622 e. The fourth-order valence-corrected chi connectivity index (χ4v) is 3.45. The number of rotatable bonds is 3. The number of benzene rings is 4. The van der Waals surface area contributed by atoms with Crippen molar-refractivity contribution in [1.29, 1.82) is 0 Å². The summed E-state index contributed by atoms with van der Waals surface area (Å²) in [5.74, 6) is 0. The Kier molecular flexibility index (Phi) is 4.18. The van der Waals surface area contributed by atoms with E-state index in [1.54, 1.807) is 0 Å². The van der Waals surface area contributed by atoms with Crippen molar-refractivity contribution in [2.24, 2.45) is 0 Å². The summed E-state index contributed by atoms with van der Waals surface area (Å²) in [7, 11) is 0. The van der Waals surface area contributed by atoms with Gasteiger partial charge in [0.15, 0.2) is 0 Å². The van der Waals surface area contributed by atoms with Gasteiger partial charge in [-0.25, -0.2) is 0 Å². The van der Waals surface area contributed by atoms with Crippen LogP contribution in [0, 0.1) is 6.92 Å². The topological polar surface area (TPSA) is 0 Å². The van der Waals surface area contributed by atoms with Gasteiger partial charge in [-0.05, 0) is 45.9 Å². The van der Waals surface area contributed by atoms with Gasteiger partial charge in [0.1, 0.15) is 0 Å². The van der Waals surface area contributed by atoms with Crippen LogP contribution in [0.2, 0.25) is 0 Å². The van der Waals surface area contributed by atoms with Gasteiger partial charge in [-0.1, -0.05) is 103 Å². The maximum Gasteiger partial charge on any atom is -0.00242 e. The molecule has 25 heavy (non-hydrogen) atoms. The molecule has 0 aromatic heterocycles. The minimum atomic E-state index is 1.25. The zero-order valence-corrected chi connectivity index (χ0v) is 14.3. The molecule has 0 heteroatoms. The van der Waals surface area contributed by atoms with Crippen LogP contribution in [0.15, 0.2) is 103 Å². The standard InChI is InChI=1S/C25H20/c1-19-17-18-23(20-11-5-2-6-12-20)25(22-15-9-4-10-16-22)24(19)21-13-7-3-8-14-21/h2-18H,1H3. The van der Waals surface area contributed by atoms with Gasteiger partial charge in [0.2, 0.25) is 0 Å². The zero-order valence-electron chi connectivity index (χ0n) is 14.3. The molecule has 0 fully saturated rings. The lowest BCUT2D eigenvalue weighted by molar-refractivity contribution is 1.45.